The van der Waals surface area contributed by atoms with Crippen LogP contribution in [0.15, 0.2) is 24.3 Å². The molecule has 1 unspecified atom stereocenters. The van der Waals surface area contributed by atoms with E-state index >= 15 is 0 Å². The summed E-state index contributed by atoms with van der Waals surface area (Å²) in [5.41, 5.74) is 0.359. The minimum atomic E-state index is -3.38. The molecule has 2 N–H and O–H groups in total. The van der Waals surface area contributed by atoms with E-state index in [1.54, 1.807) is 25.1 Å². The van der Waals surface area contributed by atoms with Gasteiger partial charge in [-0.3, -0.25) is 0 Å². The molecule has 108 valence electrons. The molecular weight excluding hydrogens is 267 g/mol. The van der Waals surface area contributed by atoms with Gasteiger partial charge in [-0.25, -0.2) is 17.5 Å². The highest BCUT2D eigenvalue weighted by molar-refractivity contribution is 7.89. The van der Waals surface area contributed by atoms with Gasteiger partial charge in [-0.2, -0.15) is 0 Å². The smallest absolute Gasteiger partial charge is 0.212 e. The minimum absolute atomic E-state index is 0.0405. The van der Waals surface area contributed by atoms with Crippen LogP contribution in [0.1, 0.15) is 31.9 Å². The highest BCUT2D eigenvalue weighted by Crippen LogP contribution is 2.16. The third kappa shape index (κ3) is 5.67. The van der Waals surface area contributed by atoms with Crippen molar-refractivity contribution in [1.82, 2.24) is 10.0 Å². The molecule has 0 amide bonds. The van der Waals surface area contributed by atoms with Crippen LogP contribution >= 0.6 is 0 Å². The van der Waals surface area contributed by atoms with Crippen LogP contribution in [0.25, 0.3) is 0 Å². The number of nitrogens with one attached hydrogen (secondary N) is 2. The van der Waals surface area contributed by atoms with Gasteiger partial charge in [0.1, 0.15) is 5.82 Å². The molecule has 0 fully saturated rings. The fourth-order valence-electron chi connectivity index (χ4n) is 1.78. The van der Waals surface area contributed by atoms with Gasteiger partial charge in [0.2, 0.25) is 10.0 Å². The molecule has 1 rings (SSSR count). The van der Waals surface area contributed by atoms with Gasteiger partial charge >= 0.3 is 0 Å². The van der Waals surface area contributed by atoms with E-state index in [9.17, 15) is 12.8 Å². The summed E-state index contributed by atoms with van der Waals surface area (Å²) < 4.78 is 39.7. The van der Waals surface area contributed by atoms with Crippen molar-refractivity contribution in [1.29, 1.82) is 0 Å². The lowest BCUT2D eigenvalue weighted by Gasteiger charge is -2.15. The molecule has 1 atom stereocenters. The van der Waals surface area contributed by atoms with E-state index in [1.807, 2.05) is 6.92 Å². The van der Waals surface area contributed by atoms with Gasteiger partial charge in [0.05, 0.1) is 5.75 Å². The molecular formula is C13H21FN2O2S. The van der Waals surface area contributed by atoms with Gasteiger partial charge in [-0.1, -0.05) is 25.1 Å². The van der Waals surface area contributed by atoms with E-state index in [4.69, 9.17) is 0 Å². The first-order valence-electron chi connectivity index (χ1n) is 6.41. The van der Waals surface area contributed by atoms with Gasteiger partial charge in [-0.15, -0.1) is 0 Å². The molecule has 4 nitrogen and oxygen atoms in total. The largest absolute Gasteiger partial charge is 0.317 e. The van der Waals surface area contributed by atoms with E-state index in [1.165, 1.54) is 6.07 Å². The Kier molecular flexibility index (Phi) is 6.41. The molecule has 0 aliphatic heterocycles. The van der Waals surface area contributed by atoms with Crippen molar-refractivity contribution in [3.05, 3.63) is 35.6 Å². The Labute approximate surface area is 114 Å². The average Bonchev–Trinajstić information content (AvgIpc) is 2.34. The van der Waals surface area contributed by atoms with Crippen LogP contribution in [0.4, 0.5) is 4.39 Å². The van der Waals surface area contributed by atoms with Crippen molar-refractivity contribution in [3.63, 3.8) is 0 Å². The van der Waals surface area contributed by atoms with Gasteiger partial charge in [-0.05, 0) is 32.5 Å². The molecule has 0 heterocycles. The number of halogens is 1. The molecule has 19 heavy (non-hydrogen) atoms. The second-order valence-corrected chi connectivity index (χ2v) is 6.26. The molecule has 0 radical (unpaired) electrons. The van der Waals surface area contributed by atoms with Gasteiger partial charge in [0, 0.05) is 11.6 Å². The van der Waals surface area contributed by atoms with Crippen LogP contribution in [0.5, 0.6) is 0 Å². The summed E-state index contributed by atoms with van der Waals surface area (Å²) in [4.78, 5) is 0. The Bertz CT molecular complexity index is 491. The molecule has 0 spiro atoms. The Morgan fingerprint density at radius 3 is 2.63 bits per heavy atom. The fourth-order valence-corrected chi connectivity index (χ4v) is 3.09. The topological polar surface area (TPSA) is 58.2 Å². The van der Waals surface area contributed by atoms with Crippen molar-refractivity contribution >= 4 is 10.0 Å². The van der Waals surface area contributed by atoms with Crippen molar-refractivity contribution < 1.29 is 12.8 Å². The number of hydrogen-bond donors (Lipinski definition) is 2. The van der Waals surface area contributed by atoms with E-state index in [0.29, 0.717) is 18.5 Å². The zero-order valence-corrected chi connectivity index (χ0v) is 12.1. The molecule has 0 saturated carbocycles. The van der Waals surface area contributed by atoms with Crippen LogP contribution in [-0.4, -0.2) is 27.3 Å². The Hall–Kier alpha value is -0.980. The van der Waals surface area contributed by atoms with E-state index in [0.717, 1.165) is 6.54 Å². The van der Waals surface area contributed by atoms with Gasteiger partial charge in [0.25, 0.3) is 0 Å². The van der Waals surface area contributed by atoms with Crippen molar-refractivity contribution in [2.24, 2.45) is 0 Å². The first kappa shape index (κ1) is 16.1. The third-order valence-corrected chi connectivity index (χ3v) is 4.28. The normalized spacial score (nSPS) is 13.4. The number of sulfonamides is 1. The summed E-state index contributed by atoms with van der Waals surface area (Å²) in [5, 5.41) is 3.06. The monoisotopic (exact) mass is 288 g/mol. The molecule has 0 aromatic heterocycles. The van der Waals surface area contributed by atoms with Crippen LogP contribution in [0.3, 0.4) is 0 Å². The zero-order valence-electron chi connectivity index (χ0n) is 11.3. The first-order chi connectivity index (χ1) is 8.96. The highest BCUT2D eigenvalue weighted by atomic mass is 32.2. The minimum Gasteiger partial charge on any atom is -0.317 e. The third-order valence-electron chi connectivity index (χ3n) is 2.74. The van der Waals surface area contributed by atoms with Crippen molar-refractivity contribution in [2.75, 3.05) is 18.8 Å². The lowest BCUT2D eigenvalue weighted by Crippen LogP contribution is -2.31. The molecule has 0 bridgehead atoms. The predicted octanol–water partition coefficient (Wildman–Crippen LogP) is 1.81. The maximum Gasteiger partial charge on any atom is 0.212 e. The number of benzene rings is 1. The molecule has 0 aliphatic rings. The van der Waals surface area contributed by atoms with Gasteiger partial charge < -0.3 is 5.32 Å². The summed E-state index contributed by atoms with van der Waals surface area (Å²) in [7, 11) is -3.38. The van der Waals surface area contributed by atoms with Crippen molar-refractivity contribution in [2.45, 2.75) is 26.3 Å². The maximum atomic E-state index is 13.5. The Balaban J connectivity index is 2.56. The molecule has 0 aliphatic carbocycles. The Morgan fingerprint density at radius 1 is 1.32 bits per heavy atom. The van der Waals surface area contributed by atoms with Gasteiger partial charge in [0.15, 0.2) is 0 Å². The molecule has 0 saturated heterocycles. The van der Waals surface area contributed by atoms with Crippen LogP contribution in [0.2, 0.25) is 0 Å². The summed E-state index contributed by atoms with van der Waals surface area (Å²) in [6.45, 7) is 5.08. The molecule has 6 heteroatoms. The summed E-state index contributed by atoms with van der Waals surface area (Å²) in [6.07, 6.45) is 0.535. The van der Waals surface area contributed by atoms with E-state index in [-0.39, 0.29) is 5.75 Å². The SMILES string of the molecule is CCNCCCS(=O)(=O)NC(C)c1ccccc1F. The fraction of sp³-hybridized carbons (Fsp3) is 0.538. The highest BCUT2D eigenvalue weighted by Gasteiger charge is 2.17. The quantitative estimate of drug-likeness (QED) is 0.717. The summed E-state index contributed by atoms with van der Waals surface area (Å²) >= 11 is 0. The standard InChI is InChI=1S/C13H21FN2O2S/c1-3-15-9-6-10-19(17,18)16-11(2)12-7-4-5-8-13(12)14/h4-5,7-8,11,15-16H,3,6,9-10H2,1-2H3. The number of hydrogen-bond acceptors (Lipinski definition) is 3. The zero-order chi connectivity index (χ0) is 14.3. The lowest BCUT2D eigenvalue weighted by molar-refractivity contribution is 0.547. The van der Waals surface area contributed by atoms with E-state index < -0.39 is 21.9 Å². The second kappa shape index (κ2) is 7.57. The lowest BCUT2D eigenvalue weighted by atomic mass is 10.1. The number of rotatable bonds is 8. The maximum absolute atomic E-state index is 13.5. The first-order valence-corrected chi connectivity index (χ1v) is 8.06. The van der Waals surface area contributed by atoms with Crippen molar-refractivity contribution in [3.8, 4) is 0 Å². The summed E-state index contributed by atoms with van der Waals surface area (Å²) in [6, 6.07) is 5.61. The van der Waals surface area contributed by atoms with Crippen LogP contribution < -0.4 is 10.0 Å². The Morgan fingerprint density at radius 2 is 2.00 bits per heavy atom. The molecule has 1 aromatic carbocycles. The van der Waals surface area contributed by atoms with E-state index in [2.05, 4.69) is 10.0 Å². The second-order valence-electron chi connectivity index (χ2n) is 4.39. The predicted molar refractivity (Wildman–Crippen MR) is 74.9 cm³/mol. The summed E-state index contributed by atoms with van der Waals surface area (Å²) in [5.74, 6) is -0.357. The van der Waals surface area contributed by atoms with Crippen LogP contribution in [0, 0.1) is 5.82 Å². The van der Waals surface area contributed by atoms with Crippen LogP contribution in [-0.2, 0) is 10.0 Å². The average molecular weight is 288 g/mol. The molecule has 1 aromatic rings.